The molecule has 3 aromatic rings. The zero-order chi connectivity index (χ0) is 16.4. The fraction of sp³-hybridized carbons (Fsp3) is 0.167. The van der Waals surface area contributed by atoms with E-state index in [-0.39, 0.29) is 11.6 Å². The van der Waals surface area contributed by atoms with Crippen molar-refractivity contribution in [3.8, 4) is 11.3 Å². The zero-order valence-electron chi connectivity index (χ0n) is 13.3. The highest BCUT2D eigenvalue weighted by Gasteiger charge is 2.14. The molecule has 5 nitrogen and oxygen atoms in total. The molecule has 116 valence electrons. The number of pyridine rings is 1. The van der Waals surface area contributed by atoms with Gasteiger partial charge in [-0.25, -0.2) is 4.98 Å². The van der Waals surface area contributed by atoms with Gasteiger partial charge in [-0.05, 0) is 50.1 Å². The van der Waals surface area contributed by atoms with Crippen LogP contribution in [-0.4, -0.2) is 16.0 Å². The fourth-order valence-corrected chi connectivity index (χ4v) is 2.21. The Bertz CT molecular complexity index is 868. The molecular formula is C18H17N3O2. The summed E-state index contributed by atoms with van der Waals surface area (Å²) in [7, 11) is 0. The molecule has 0 aliphatic heterocycles. The van der Waals surface area contributed by atoms with Crippen LogP contribution in [0.15, 0.2) is 47.0 Å². The molecule has 2 aromatic heterocycles. The van der Waals surface area contributed by atoms with Gasteiger partial charge in [0, 0.05) is 17.3 Å². The summed E-state index contributed by atoms with van der Waals surface area (Å²) < 4.78 is 5.30. The second kappa shape index (κ2) is 6.04. The van der Waals surface area contributed by atoms with Crippen molar-refractivity contribution < 1.29 is 9.32 Å². The molecule has 0 bridgehead atoms. The largest absolute Gasteiger partial charge is 0.355 e. The number of anilines is 1. The van der Waals surface area contributed by atoms with Crippen molar-refractivity contribution in [3.63, 3.8) is 0 Å². The van der Waals surface area contributed by atoms with E-state index in [0.29, 0.717) is 11.6 Å². The molecule has 0 saturated carbocycles. The van der Waals surface area contributed by atoms with E-state index in [0.717, 1.165) is 16.8 Å². The number of amides is 1. The SMILES string of the molecule is Cc1cccc(NC(=O)c2cc(-c3ccc(C)c(C)c3)on2)n1. The minimum atomic E-state index is -0.345. The molecule has 0 aliphatic carbocycles. The minimum Gasteiger partial charge on any atom is -0.355 e. The first-order valence-electron chi connectivity index (χ1n) is 7.32. The van der Waals surface area contributed by atoms with Gasteiger partial charge in [0.1, 0.15) is 5.82 Å². The number of carbonyl (C=O) groups excluding carboxylic acids is 1. The maximum Gasteiger partial charge on any atom is 0.279 e. The number of rotatable bonds is 3. The van der Waals surface area contributed by atoms with Crippen LogP contribution in [0.3, 0.4) is 0 Å². The normalized spacial score (nSPS) is 10.6. The van der Waals surface area contributed by atoms with E-state index in [1.54, 1.807) is 12.1 Å². The van der Waals surface area contributed by atoms with E-state index in [1.165, 1.54) is 5.56 Å². The Labute approximate surface area is 134 Å². The topological polar surface area (TPSA) is 68.0 Å². The molecule has 1 aromatic carbocycles. The smallest absolute Gasteiger partial charge is 0.279 e. The van der Waals surface area contributed by atoms with Gasteiger partial charge in [-0.3, -0.25) is 4.79 Å². The van der Waals surface area contributed by atoms with Crippen LogP contribution in [0.2, 0.25) is 0 Å². The van der Waals surface area contributed by atoms with E-state index in [4.69, 9.17) is 4.52 Å². The third-order valence-electron chi connectivity index (χ3n) is 3.66. The van der Waals surface area contributed by atoms with Crippen molar-refractivity contribution in [3.05, 3.63) is 65.0 Å². The standard InChI is InChI=1S/C18H17N3O2/c1-11-7-8-14(9-12(11)2)16-10-15(21-23-16)18(22)20-17-6-4-5-13(3)19-17/h4-10H,1-3H3,(H,19,20,22). The molecule has 1 N–H and O–H groups in total. The molecule has 1 amide bonds. The summed E-state index contributed by atoms with van der Waals surface area (Å²) in [4.78, 5) is 16.5. The van der Waals surface area contributed by atoms with Crippen LogP contribution in [0.5, 0.6) is 0 Å². The van der Waals surface area contributed by atoms with Crippen molar-refractivity contribution in [2.45, 2.75) is 20.8 Å². The lowest BCUT2D eigenvalue weighted by atomic mass is 10.0. The summed E-state index contributed by atoms with van der Waals surface area (Å²) in [6.07, 6.45) is 0. The van der Waals surface area contributed by atoms with E-state index in [2.05, 4.69) is 15.5 Å². The Hall–Kier alpha value is -2.95. The lowest BCUT2D eigenvalue weighted by Gasteiger charge is -2.02. The number of nitrogens with one attached hydrogen (secondary N) is 1. The molecule has 3 rings (SSSR count). The monoisotopic (exact) mass is 307 g/mol. The second-order valence-electron chi connectivity index (χ2n) is 5.49. The van der Waals surface area contributed by atoms with E-state index in [1.807, 2.05) is 51.1 Å². The third-order valence-corrected chi connectivity index (χ3v) is 3.66. The van der Waals surface area contributed by atoms with E-state index >= 15 is 0 Å². The number of carbonyl (C=O) groups is 1. The summed E-state index contributed by atoms with van der Waals surface area (Å²) in [6.45, 7) is 5.95. The molecular weight excluding hydrogens is 290 g/mol. The Morgan fingerprint density at radius 2 is 1.87 bits per heavy atom. The van der Waals surface area contributed by atoms with Gasteiger partial charge in [0.15, 0.2) is 11.5 Å². The first-order valence-corrected chi connectivity index (χ1v) is 7.32. The zero-order valence-corrected chi connectivity index (χ0v) is 13.3. The molecule has 0 aliphatic rings. The highest BCUT2D eigenvalue weighted by molar-refractivity contribution is 6.02. The van der Waals surface area contributed by atoms with Crippen LogP contribution in [0, 0.1) is 20.8 Å². The van der Waals surface area contributed by atoms with Crippen molar-refractivity contribution in [2.75, 3.05) is 5.32 Å². The predicted octanol–water partition coefficient (Wildman–Crippen LogP) is 3.91. The number of hydrogen-bond acceptors (Lipinski definition) is 4. The van der Waals surface area contributed by atoms with Crippen molar-refractivity contribution in [1.29, 1.82) is 0 Å². The molecule has 0 unspecified atom stereocenters. The van der Waals surface area contributed by atoms with Gasteiger partial charge in [-0.2, -0.15) is 0 Å². The first kappa shape index (κ1) is 15.0. The summed E-state index contributed by atoms with van der Waals surface area (Å²) in [5.74, 6) is 0.711. The molecule has 0 atom stereocenters. The van der Waals surface area contributed by atoms with Gasteiger partial charge in [-0.1, -0.05) is 23.4 Å². The molecule has 0 spiro atoms. The van der Waals surface area contributed by atoms with Crippen molar-refractivity contribution in [1.82, 2.24) is 10.1 Å². The highest BCUT2D eigenvalue weighted by Crippen LogP contribution is 2.23. The molecule has 5 heteroatoms. The maximum absolute atomic E-state index is 12.2. The average Bonchev–Trinajstić information content (AvgIpc) is 3.00. The number of benzene rings is 1. The first-order chi connectivity index (χ1) is 11.0. The van der Waals surface area contributed by atoms with Gasteiger partial charge in [0.25, 0.3) is 5.91 Å². The van der Waals surface area contributed by atoms with Gasteiger partial charge >= 0.3 is 0 Å². The molecule has 0 saturated heterocycles. The summed E-state index contributed by atoms with van der Waals surface area (Å²) in [5, 5.41) is 6.56. The van der Waals surface area contributed by atoms with Crippen LogP contribution >= 0.6 is 0 Å². The van der Waals surface area contributed by atoms with Gasteiger partial charge < -0.3 is 9.84 Å². The molecule has 2 heterocycles. The van der Waals surface area contributed by atoms with E-state index in [9.17, 15) is 4.79 Å². The maximum atomic E-state index is 12.2. The fourth-order valence-electron chi connectivity index (χ4n) is 2.21. The van der Waals surface area contributed by atoms with Crippen molar-refractivity contribution >= 4 is 11.7 Å². The van der Waals surface area contributed by atoms with Crippen LogP contribution in [0.4, 0.5) is 5.82 Å². The van der Waals surface area contributed by atoms with E-state index < -0.39 is 0 Å². The summed E-state index contributed by atoms with van der Waals surface area (Å²) >= 11 is 0. The lowest BCUT2D eigenvalue weighted by molar-refractivity contribution is 0.101. The lowest BCUT2D eigenvalue weighted by Crippen LogP contribution is -2.13. The van der Waals surface area contributed by atoms with Crippen LogP contribution in [0.25, 0.3) is 11.3 Å². The Morgan fingerprint density at radius 1 is 1.04 bits per heavy atom. The molecule has 0 fully saturated rings. The van der Waals surface area contributed by atoms with Crippen LogP contribution in [-0.2, 0) is 0 Å². The van der Waals surface area contributed by atoms with Crippen LogP contribution in [0.1, 0.15) is 27.3 Å². The number of nitrogens with zero attached hydrogens (tertiary/aromatic N) is 2. The predicted molar refractivity (Wildman–Crippen MR) is 88.3 cm³/mol. The molecule has 0 radical (unpaired) electrons. The van der Waals surface area contributed by atoms with Gasteiger partial charge in [-0.15, -0.1) is 0 Å². The minimum absolute atomic E-state index is 0.224. The number of aromatic nitrogens is 2. The van der Waals surface area contributed by atoms with Crippen molar-refractivity contribution in [2.24, 2.45) is 0 Å². The quantitative estimate of drug-likeness (QED) is 0.796. The second-order valence-corrected chi connectivity index (χ2v) is 5.49. The van der Waals surface area contributed by atoms with Crippen LogP contribution < -0.4 is 5.32 Å². The third kappa shape index (κ3) is 3.29. The Morgan fingerprint density at radius 3 is 2.61 bits per heavy atom. The van der Waals surface area contributed by atoms with Gasteiger partial charge in [0.05, 0.1) is 0 Å². The average molecular weight is 307 g/mol. The summed E-state index contributed by atoms with van der Waals surface area (Å²) in [5.41, 5.74) is 4.32. The highest BCUT2D eigenvalue weighted by atomic mass is 16.5. The number of hydrogen-bond donors (Lipinski definition) is 1. The Balaban J connectivity index is 1.81. The van der Waals surface area contributed by atoms with Gasteiger partial charge in [0.2, 0.25) is 0 Å². The number of aryl methyl sites for hydroxylation is 3. The molecule has 23 heavy (non-hydrogen) atoms. The summed E-state index contributed by atoms with van der Waals surface area (Å²) in [6, 6.07) is 13.0. The Kier molecular flexibility index (Phi) is 3.93.